The van der Waals surface area contributed by atoms with E-state index in [4.69, 9.17) is 5.26 Å². The fourth-order valence-corrected chi connectivity index (χ4v) is 5.57. The molecule has 0 amide bonds. The molecule has 176 valence electrons. The summed E-state index contributed by atoms with van der Waals surface area (Å²) in [6.45, 7) is 4.62. The first-order valence-electron chi connectivity index (χ1n) is 11.4. The van der Waals surface area contributed by atoms with E-state index in [9.17, 15) is 9.50 Å². The van der Waals surface area contributed by atoms with Gasteiger partial charge in [-0.3, -0.25) is 0 Å². The second-order valence-electron chi connectivity index (χ2n) is 10.00. The quantitative estimate of drug-likeness (QED) is 0.607. The van der Waals surface area contributed by atoms with Crippen LogP contribution >= 0.6 is 0 Å². The van der Waals surface area contributed by atoms with Gasteiger partial charge in [0, 0.05) is 30.2 Å². The number of anilines is 1. The van der Waals surface area contributed by atoms with Gasteiger partial charge in [-0.25, -0.2) is 14.1 Å². The molecule has 2 fully saturated rings. The lowest BCUT2D eigenvalue weighted by Gasteiger charge is -2.55. The van der Waals surface area contributed by atoms with Gasteiger partial charge in [-0.15, -0.1) is 10.2 Å². The minimum atomic E-state index is -0.723. The molecule has 4 heterocycles. The zero-order valence-corrected chi connectivity index (χ0v) is 19.5. The van der Waals surface area contributed by atoms with Crippen molar-refractivity contribution in [2.75, 3.05) is 11.9 Å². The molecule has 0 aliphatic carbocycles. The molecule has 2 aromatic heterocycles. The lowest BCUT2D eigenvalue weighted by Crippen LogP contribution is -2.66. The molecule has 2 bridgehead atoms. The third kappa shape index (κ3) is 3.96. The van der Waals surface area contributed by atoms with Crippen LogP contribution in [0.4, 0.5) is 10.2 Å². The largest absolute Gasteiger partial charge is 0.507 e. The van der Waals surface area contributed by atoms with Crippen LogP contribution in [0, 0.1) is 17.1 Å². The van der Waals surface area contributed by atoms with E-state index in [-0.39, 0.29) is 28.3 Å². The third-order valence-electron chi connectivity index (χ3n) is 7.15. The van der Waals surface area contributed by atoms with E-state index in [1.165, 1.54) is 30.0 Å². The number of hydrogen-bond acceptors (Lipinski definition) is 8. The highest BCUT2D eigenvalue weighted by atomic mass is 19.1. The molecule has 2 aliphatic rings. The predicted octanol–water partition coefficient (Wildman–Crippen LogP) is 3.33. The molecule has 0 radical (unpaired) electrons. The van der Waals surface area contributed by atoms with E-state index in [0.717, 1.165) is 19.0 Å². The molecule has 2 N–H and O–H groups in total. The molecular weight excluding hydrogens is 435 g/mol. The molecule has 0 spiro atoms. The van der Waals surface area contributed by atoms with Gasteiger partial charge in [0.15, 0.2) is 23.2 Å². The van der Waals surface area contributed by atoms with Crippen molar-refractivity contribution in [1.29, 1.82) is 5.26 Å². The lowest BCUT2D eigenvalue weighted by molar-refractivity contribution is 0.0784. The summed E-state index contributed by atoms with van der Waals surface area (Å²) in [6.07, 6.45) is 8.44. The number of nitrogens with one attached hydrogen (secondary N) is 1. The van der Waals surface area contributed by atoms with Crippen molar-refractivity contribution in [3.63, 3.8) is 0 Å². The lowest BCUT2D eigenvalue weighted by atomic mass is 9.69. The molecule has 2 saturated heterocycles. The maximum atomic E-state index is 13.7. The van der Waals surface area contributed by atoms with Crippen LogP contribution < -0.4 is 10.2 Å². The number of phenolic OH excluding ortho intramolecular Hbond substituents is 1. The second-order valence-corrected chi connectivity index (χ2v) is 10.00. The monoisotopic (exact) mass is 462 g/mol. The Morgan fingerprint density at radius 2 is 1.97 bits per heavy atom. The fourth-order valence-electron chi connectivity index (χ4n) is 5.57. The van der Waals surface area contributed by atoms with Gasteiger partial charge in [0.25, 0.3) is 0 Å². The molecule has 9 nitrogen and oxygen atoms in total. The molecule has 1 aromatic carbocycles. The van der Waals surface area contributed by atoms with E-state index >= 15 is 0 Å². The summed E-state index contributed by atoms with van der Waals surface area (Å²) in [4.78, 5) is 6.61. The highest BCUT2D eigenvalue weighted by molar-refractivity contribution is 5.66. The first kappa shape index (κ1) is 22.2. The van der Waals surface area contributed by atoms with E-state index in [2.05, 4.69) is 44.3 Å². The van der Waals surface area contributed by atoms with Crippen LogP contribution in [0.25, 0.3) is 17.1 Å². The summed E-state index contributed by atoms with van der Waals surface area (Å²) >= 11 is 0. The predicted molar refractivity (Wildman–Crippen MR) is 124 cm³/mol. The van der Waals surface area contributed by atoms with Crippen molar-refractivity contribution in [1.82, 2.24) is 30.3 Å². The summed E-state index contributed by atoms with van der Waals surface area (Å²) in [5.41, 5.74) is 0.754. The Balaban J connectivity index is 1.35. The summed E-state index contributed by atoms with van der Waals surface area (Å²) in [5, 5.41) is 35.8. The van der Waals surface area contributed by atoms with Crippen LogP contribution in [-0.4, -0.2) is 54.2 Å². The number of piperidine rings is 2. The molecule has 2 aliphatic heterocycles. The maximum absolute atomic E-state index is 13.7. The first-order chi connectivity index (χ1) is 16.2. The van der Waals surface area contributed by atoms with E-state index in [0.29, 0.717) is 23.1 Å². The Morgan fingerprint density at radius 1 is 1.24 bits per heavy atom. The summed E-state index contributed by atoms with van der Waals surface area (Å²) in [6, 6.07) is 6.69. The van der Waals surface area contributed by atoms with Crippen molar-refractivity contribution in [2.24, 2.45) is 0 Å². The third-order valence-corrected chi connectivity index (χ3v) is 7.15. The number of phenols is 1. The van der Waals surface area contributed by atoms with Crippen molar-refractivity contribution in [2.45, 2.75) is 63.1 Å². The fraction of sp³-hybridized carbons (Fsp3) is 0.458. The SMILES string of the molecule is CN(c1cnc(-c2ccc(-n3cc(F)c(C#N)n3)cc2O)nn1)C1C[C@]2(C)CCC[C@](C)(C1)N2. The van der Waals surface area contributed by atoms with Gasteiger partial charge in [-0.2, -0.15) is 10.4 Å². The van der Waals surface area contributed by atoms with Crippen molar-refractivity contribution in [3.05, 3.63) is 42.1 Å². The van der Waals surface area contributed by atoms with Gasteiger partial charge in [0.2, 0.25) is 0 Å². The number of rotatable bonds is 4. The summed E-state index contributed by atoms with van der Waals surface area (Å²) < 4.78 is 14.9. The van der Waals surface area contributed by atoms with Crippen LogP contribution in [0.2, 0.25) is 0 Å². The van der Waals surface area contributed by atoms with Gasteiger partial charge in [-0.1, -0.05) is 0 Å². The molecule has 1 unspecified atom stereocenters. The van der Waals surface area contributed by atoms with Crippen LogP contribution in [0.15, 0.2) is 30.6 Å². The summed E-state index contributed by atoms with van der Waals surface area (Å²) in [7, 11) is 2.04. The Hall–Kier alpha value is -3.58. The van der Waals surface area contributed by atoms with Crippen LogP contribution in [0.5, 0.6) is 5.75 Å². The normalized spacial score (nSPS) is 26.1. The Bertz CT molecular complexity index is 1250. The molecule has 3 aromatic rings. The van der Waals surface area contributed by atoms with Crippen molar-refractivity contribution in [3.8, 4) is 28.9 Å². The number of aromatic nitrogens is 5. The number of halogens is 1. The maximum Gasteiger partial charge on any atom is 0.198 e. The molecular formula is C24H27FN8O. The van der Waals surface area contributed by atoms with E-state index < -0.39 is 5.82 Å². The zero-order valence-electron chi connectivity index (χ0n) is 19.5. The van der Waals surface area contributed by atoms with E-state index in [1.807, 2.05) is 7.05 Å². The van der Waals surface area contributed by atoms with Crippen LogP contribution in [0.1, 0.15) is 51.6 Å². The Labute approximate surface area is 197 Å². The highest BCUT2D eigenvalue weighted by Crippen LogP contribution is 2.41. The average Bonchev–Trinajstić information content (AvgIpc) is 3.18. The molecule has 0 saturated carbocycles. The summed E-state index contributed by atoms with van der Waals surface area (Å²) in [5.74, 6) is 0.153. The van der Waals surface area contributed by atoms with Crippen LogP contribution in [0.3, 0.4) is 0 Å². The number of nitrogens with zero attached hydrogens (tertiary/aromatic N) is 7. The van der Waals surface area contributed by atoms with Crippen molar-refractivity contribution >= 4 is 5.82 Å². The standard InChI is InChI=1S/C24H27FN8O/c1-23-7-4-8-24(2,31-23)11-16(10-23)32(3)21-13-27-22(29-28-21)17-6-5-15(9-20(17)34)33-14-18(25)19(12-26)30-33/h5-6,9,13-14,16,31,34H,4,7-8,10-11H2,1-3H3/t16?,23-,24+. The number of aromatic hydroxyl groups is 1. The van der Waals surface area contributed by atoms with Crippen molar-refractivity contribution < 1.29 is 9.50 Å². The topological polar surface area (TPSA) is 116 Å². The number of benzene rings is 1. The minimum absolute atomic E-state index is 0.0955. The zero-order chi connectivity index (χ0) is 24.1. The number of fused-ring (bicyclic) bond motifs is 2. The Morgan fingerprint density at radius 3 is 2.56 bits per heavy atom. The molecule has 34 heavy (non-hydrogen) atoms. The Kier molecular flexibility index (Phi) is 5.24. The molecule has 10 heteroatoms. The van der Waals surface area contributed by atoms with Gasteiger partial charge < -0.3 is 15.3 Å². The molecule has 3 atom stereocenters. The minimum Gasteiger partial charge on any atom is -0.507 e. The first-order valence-corrected chi connectivity index (χ1v) is 11.4. The van der Waals surface area contributed by atoms with Gasteiger partial charge in [0.05, 0.1) is 23.6 Å². The van der Waals surface area contributed by atoms with E-state index in [1.54, 1.807) is 24.4 Å². The molecule has 5 rings (SSSR count). The number of nitriles is 1. The number of hydrogen-bond donors (Lipinski definition) is 2. The second kappa shape index (κ2) is 8.02. The smallest absolute Gasteiger partial charge is 0.198 e. The average molecular weight is 463 g/mol. The van der Waals surface area contributed by atoms with Gasteiger partial charge >= 0.3 is 0 Å². The van der Waals surface area contributed by atoms with Gasteiger partial charge in [-0.05, 0) is 58.1 Å². The van der Waals surface area contributed by atoms with Gasteiger partial charge in [0.1, 0.15) is 11.8 Å². The highest BCUT2D eigenvalue weighted by Gasteiger charge is 2.46. The van der Waals surface area contributed by atoms with Crippen LogP contribution in [-0.2, 0) is 0 Å².